The van der Waals surface area contributed by atoms with E-state index in [9.17, 15) is 9.59 Å². The Bertz CT molecular complexity index is 823. The fourth-order valence-corrected chi connectivity index (χ4v) is 2.59. The van der Waals surface area contributed by atoms with Gasteiger partial charge in [0.15, 0.2) is 12.7 Å². The Morgan fingerprint density at radius 2 is 1.88 bits per heavy atom. The summed E-state index contributed by atoms with van der Waals surface area (Å²) in [5, 5.41) is 3.46. The maximum Gasteiger partial charge on any atom is 0.347 e. The first-order valence-electron chi connectivity index (χ1n) is 7.92. The Kier molecular flexibility index (Phi) is 6.89. The molecule has 7 heteroatoms. The van der Waals surface area contributed by atoms with Crippen LogP contribution in [-0.2, 0) is 14.3 Å². The summed E-state index contributed by atoms with van der Waals surface area (Å²) in [6.45, 7) is 4.96. The SMILES string of the molecule is Cc1cccc(NC(=O)COC(=O)[C@H](C)Oc2ccc(Cl)cc2Cl)c1C. The van der Waals surface area contributed by atoms with Crippen LogP contribution >= 0.6 is 23.2 Å². The average Bonchev–Trinajstić information content (AvgIpc) is 2.59. The maximum atomic E-state index is 12.0. The zero-order valence-corrected chi connectivity index (χ0v) is 16.1. The van der Waals surface area contributed by atoms with Crippen molar-refractivity contribution in [2.24, 2.45) is 0 Å². The van der Waals surface area contributed by atoms with E-state index in [-0.39, 0.29) is 5.02 Å². The van der Waals surface area contributed by atoms with Gasteiger partial charge in [-0.05, 0) is 56.2 Å². The van der Waals surface area contributed by atoms with Gasteiger partial charge in [-0.15, -0.1) is 0 Å². The standard InChI is InChI=1S/C19H19Cl2NO4/c1-11-5-4-6-16(12(11)2)22-18(23)10-25-19(24)13(3)26-17-8-7-14(20)9-15(17)21/h4-9,13H,10H2,1-3H3,(H,22,23)/t13-/m0/s1. The second-order valence-corrected chi connectivity index (χ2v) is 6.58. The Balaban J connectivity index is 1.87. The molecule has 2 aromatic carbocycles. The lowest BCUT2D eigenvalue weighted by Crippen LogP contribution is -2.30. The predicted molar refractivity (Wildman–Crippen MR) is 102 cm³/mol. The van der Waals surface area contributed by atoms with Crippen LogP contribution in [0.5, 0.6) is 5.75 Å². The van der Waals surface area contributed by atoms with E-state index in [1.807, 2.05) is 26.0 Å². The van der Waals surface area contributed by atoms with Gasteiger partial charge in [0.25, 0.3) is 5.91 Å². The zero-order chi connectivity index (χ0) is 19.3. The third-order valence-electron chi connectivity index (χ3n) is 3.75. The van der Waals surface area contributed by atoms with Crippen LogP contribution in [0.3, 0.4) is 0 Å². The first kappa shape index (κ1) is 20.1. The number of amides is 1. The highest BCUT2D eigenvalue weighted by atomic mass is 35.5. The minimum absolute atomic E-state index is 0.282. The summed E-state index contributed by atoms with van der Waals surface area (Å²) in [6, 6.07) is 10.2. The van der Waals surface area contributed by atoms with Gasteiger partial charge in [-0.1, -0.05) is 35.3 Å². The third-order valence-corrected chi connectivity index (χ3v) is 4.28. The second kappa shape index (κ2) is 8.92. The number of esters is 1. The number of halogens is 2. The number of aryl methyl sites for hydroxylation is 1. The van der Waals surface area contributed by atoms with Gasteiger partial charge >= 0.3 is 5.97 Å². The van der Waals surface area contributed by atoms with Gasteiger partial charge in [-0.2, -0.15) is 0 Å². The molecule has 26 heavy (non-hydrogen) atoms. The molecule has 2 rings (SSSR count). The van der Waals surface area contributed by atoms with Crippen molar-refractivity contribution < 1.29 is 19.1 Å². The number of benzene rings is 2. The van der Waals surface area contributed by atoms with Crippen LogP contribution < -0.4 is 10.1 Å². The minimum atomic E-state index is -0.929. The van der Waals surface area contributed by atoms with Gasteiger partial charge in [-0.3, -0.25) is 4.79 Å². The van der Waals surface area contributed by atoms with Crippen LogP contribution in [-0.4, -0.2) is 24.6 Å². The Morgan fingerprint density at radius 3 is 2.58 bits per heavy atom. The van der Waals surface area contributed by atoms with Crippen molar-refractivity contribution in [3.05, 3.63) is 57.6 Å². The molecule has 5 nitrogen and oxygen atoms in total. The molecule has 0 aliphatic heterocycles. The van der Waals surface area contributed by atoms with E-state index in [4.69, 9.17) is 32.7 Å². The molecule has 0 saturated heterocycles. The van der Waals surface area contributed by atoms with Crippen LogP contribution in [0.2, 0.25) is 10.0 Å². The molecule has 138 valence electrons. The van der Waals surface area contributed by atoms with Crippen LogP contribution in [0.15, 0.2) is 36.4 Å². The molecular weight excluding hydrogens is 377 g/mol. The van der Waals surface area contributed by atoms with Gasteiger partial charge < -0.3 is 14.8 Å². The molecule has 1 N–H and O–H groups in total. The number of rotatable bonds is 6. The van der Waals surface area contributed by atoms with E-state index in [2.05, 4.69) is 5.32 Å². The lowest BCUT2D eigenvalue weighted by molar-refractivity contribution is -0.153. The second-order valence-electron chi connectivity index (χ2n) is 5.74. The highest BCUT2D eigenvalue weighted by Gasteiger charge is 2.19. The molecule has 0 bridgehead atoms. The molecule has 0 aromatic heterocycles. The molecular formula is C19H19Cl2NO4. The summed E-state index contributed by atoms with van der Waals surface area (Å²) < 4.78 is 10.4. The zero-order valence-electron chi connectivity index (χ0n) is 14.6. The summed E-state index contributed by atoms with van der Waals surface area (Å²) in [7, 11) is 0. The van der Waals surface area contributed by atoms with E-state index in [0.717, 1.165) is 11.1 Å². The Labute approximate surface area is 162 Å². The van der Waals surface area contributed by atoms with Crippen molar-refractivity contribution in [2.75, 3.05) is 11.9 Å². The molecule has 0 saturated carbocycles. The highest BCUT2D eigenvalue weighted by Crippen LogP contribution is 2.28. The topological polar surface area (TPSA) is 64.6 Å². The number of hydrogen-bond donors (Lipinski definition) is 1. The van der Waals surface area contributed by atoms with Gasteiger partial charge in [0, 0.05) is 10.7 Å². The fourth-order valence-electron chi connectivity index (χ4n) is 2.14. The summed E-state index contributed by atoms with van der Waals surface area (Å²) in [6.07, 6.45) is -0.929. The first-order valence-corrected chi connectivity index (χ1v) is 8.68. The van der Waals surface area contributed by atoms with Crippen LogP contribution in [0.1, 0.15) is 18.1 Å². The smallest absolute Gasteiger partial charge is 0.347 e. The molecule has 0 fully saturated rings. The van der Waals surface area contributed by atoms with E-state index in [1.54, 1.807) is 18.2 Å². The van der Waals surface area contributed by atoms with Crippen molar-refractivity contribution in [1.29, 1.82) is 0 Å². The number of carbonyl (C=O) groups excluding carboxylic acids is 2. The normalized spacial score (nSPS) is 11.6. The fraction of sp³-hybridized carbons (Fsp3) is 0.263. The van der Waals surface area contributed by atoms with Gasteiger partial charge in [0.05, 0.1) is 5.02 Å². The van der Waals surface area contributed by atoms with Crippen molar-refractivity contribution in [3.8, 4) is 5.75 Å². The van der Waals surface area contributed by atoms with Crippen LogP contribution in [0.4, 0.5) is 5.69 Å². The van der Waals surface area contributed by atoms with Gasteiger partial charge in [0.1, 0.15) is 5.75 Å². The van der Waals surface area contributed by atoms with Crippen molar-refractivity contribution >= 4 is 40.8 Å². The quantitative estimate of drug-likeness (QED) is 0.728. The Hall–Kier alpha value is -2.24. The molecule has 0 unspecified atom stereocenters. The number of nitrogens with one attached hydrogen (secondary N) is 1. The monoisotopic (exact) mass is 395 g/mol. The van der Waals surface area contributed by atoms with Crippen LogP contribution in [0, 0.1) is 13.8 Å². The van der Waals surface area contributed by atoms with Crippen molar-refractivity contribution in [1.82, 2.24) is 0 Å². The number of hydrogen-bond acceptors (Lipinski definition) is 4. The summed E-state index contributed by atoms with van der Waals surface area (Å²) in [4.78, 5) is 24.0. The summed E-state index contributed by atoms with van der Waals surface area (Å²) >= 11 is 11.8. The molecule has 0 spiro atoms. The third kappa shape index (κ3) is 5.38. The van der Waals surface area contributed by atoms with Gasteiger partial charge in [0.2, 0.25) is 0 Å². The lowest BCUT2D eigenvalue weighted by Gasteiger charge is -2.15. The molecule has 1 amide bonds. The van der Waals surface area contributed by atoms with E-state index >= 15 is 0 Å². The molecule has 0 heterocycles. The Morgan fingerprint density at radius 1 is 1.15 bits per heavy atom. The molecule has 2 aromatic rings. The summed E-state index contributed by atoms with van der Waals surface area (Å²) in [5.41, 5.74) is 2.70. The van der Waals surface area contributed by atoms with Crippen molar-refractivity contribution in [3.63, 3.8) is 0 Å². The minimum Gasteiger partial charge on any atom is -0.477 e. The van der Waals surface area contributed by atoms with E-state index in [1.165, 1.54) is 13.0 Å². The largest absolute Gasteiger partial charge is 0.477 e. The first-order chi connectivity index (χ1) is 12.3. The summed E-state index contributed by atoms with van der Waals surface area (Å²) in [5.74, 6) is -0.795. The van der Waals surface area contributed by atoms with E-state index in [0.29, 0.717) is 16.5 Å². The maximum absolute atomic E-state index is 12.0. The van der Waals surface area contributed by atoms with Gasteiger partial charge in [-0.25, -0.2) is 4.79 Å². The number of ether oxygens (including phenoxy) is 2. The van der Waals surface area contributed by atoms with Crippen LogP contribution in [0.25, 0.3) is 0 Å². The lowest BCUT2D eigenvalue weighted by atomic mass is 10.1. The molecule has 0 aliphatic carbocycles. The highest BCUT2D eigenvalue weighted by molar-refractivity contribution is 6.35. The molecule has 1 atom stereocenters. The molecule has 0 aliphatic rings. The average molecular weight is 396 g/mol. The number of carbonyl (C=O) groups is 2. The van der Waals surface area contributed by atoms with Crippen molar-refractivity contribution in [2.45, 2.75) is 26.9 Å². The predicted octanol–water partition coefficient (Wildman–Crippen LogP) is 4.56. The van der Waals surface area contributed by atoms with E-state index < -0.39 is 24.6 Å². The molecule has 0 radical (unpaired) electrons. The number of anilines is 1.